The minimum absolute atomic E-state index is 0.0237. The maximum absolute atomic E-state index is 16.9. The van der Waals surface area contributed by atoms with Gasteiger partial charge >= 0.3 is 12.1 Å². The van der Waals surface area contributed by atoms with Crippen LogP contribution in [0.3, 0.4) is 0 Å². The summed E-state index contributed by atoms with van der Waals surface area (Å²) >= 11 is 0. The Morgan fingerprint density at radius 1 is 1.13 bits per heavy atom. The highest BCUT2D eigenvalue weighted by molar-refractivity contribution is 6.01. The van der Waals surface area contributed by atoms with Crippen LogP contribution in [0.25, 0.3) is 32.9 Å². The Balaban J connectivity index is 1.32. The average Bonchev–Trinajstić information content (AvgIpc) is 3.62. The second-order valence-electron chi connectivity index (χ2n) is 13.8. The molecule has 5 aliphatic heterocycles. The van der Waals surface area contributed by atoms with Crippen LogP contribution in [0.4, 0.5) is 19.4 Å². The molecule has 47 heavy (non-hydrogen) atoms. The van der Waals surface area contributed by atoms with Gasteiger partial charge in [-0.2, -0.15) is 9.97 Å². The van der Waals surface area contributed by atoms with Crippen molar-refractivity contribution in [2.45, 2.75) is 69.1 Å². The molecule has 2 aromatic heterocycles. The molecular weight excluding hydrogens is 606 g/mol. The Morgan fingerprint density at radius 3 is 2.79 bits per heavy atom. The first kappa shape index (κ1) is 30.2. The minimum Gasteiger partial charge on any atom is -0.461 e. The number of pyridine rings is 1. The van der Waals surface area contributed by atoms with Crippen molar-refractivity contribution in [2.24, 2.45) is 0 Å². The van der Waals surface area contributed by atoms with E-state index in [0.29, 0.717) is 40.7 Å². The third kappa shape index (κ3) is 5.31. The van der Waals surface area contributed by atoms with E-state index in [1.807, 2.05) is 17.9 Å². The predicted molar refractivity (Wildman–Crippen MR) is 173 cm³/mol. The van der Waals surface area contributed by atoms with Crippen molar-refractivity contribution in [3.8, 4) is 17.3 Å². The van der Waals surface area contributed by atoms with Gasteiger partial charge in [-0.15, -0.1) is 0 Å². The van der Waals surface area contributed by atoms with E-state index in [1.54, 1.807) is 18.2 Å². The highest BCUT2D eigenvalue weighted by atomic mass is 19.1. The number of alkyl carbamates (subject to hydrolysis) is 1. The Bertz CT molecular complexity index is 1880. The number of aryl methyl sites for hydroxylation is 1. The number of hydrogen-bond acceptors (Lipinski definition) is 9. The molecule has 246 valence electrons. The van der Waals surface area contributed by atoms with Gasteiger partial charge in [0, 0.05) is 24.8 Å². The lowest BCUT2D eigenvalue weighted by molar-refractivity contribution is 0.0913. The lowest BCUT2D eigenvalue weighted by atomic mass is 9.89. The van der Waals surface area contributed by atoms with Gasteiger partial charge in [-0.25, -0.2) is 13.6 Å². The van der Waals surface area contributed by atoms with E-state index < -0.39 is 29.4 Å². The number of amides is 1. The zero-order valence-electron chi connectivity index (χ0n) is 26.4. The van der Waals surface area contributed by atoms with Crippen LogP contribution in [-0.4, -0.2) is 87.6 Å². The average molecular weight is 645 g/mol. The van der Waals surface area contributed by atoms with Crippen molar-refractivity contribution in [3.63, 3.8) is 0 Å². The van der Waals surface area contributed by atoms with Crippen LogP contribution in [-0.2, 0) is 11.2 Å². The van der Waals surface area contributed by atoms with Gasteiger partial charge in [0.05, 0.1) is 29.2 Å². The number of piperidine rings is 1. The third-order valence-corrected chi connectivity index (χ3v) is 10.4. The van der Waals surface area contributed by atoms with Crippen LogP contribution < -0.4 is 15.0 Å². The topological polar surface area (TPSA) is 113 Å². The van der Waals surface area contributed by atoms with Gasteiger partial charge in [-0.05, 0) is 87.4 Å². The number of anilines is 1. The summed E-state index contributed by atoms with van der Waals surface area (Å²) in [5.74, 6) is -0.741. The highest BCUT2D eigenvalue weighted by Crippen LogP contribution is 2.41. The molecule has 0 spiro atoms. The van der Waals surface area contributed by atoms with E-state index in [9.17, 15) is 9.90 Å². The van der Waals surface area contributed by atoms with Crippen LogP contribution in [0.5, 0.6) is 6.01 Å². The van der Waals surface area contributed by atoms with Gasteiger partial charge in [0.15, 0.2) is 5.82 Å². The molecule has 4 aromatic rings. The van der Waals surface area contributed by atoms with Crippen LogP contribution >= 0.6 is 0 Å². The quantitative estimate of drug-likeness (QED) is 0.313. The zero-order chi connectivity index (χ0) is 32.3. The number of nitrogens with zero attached hydrogens (tertiary/aromatic N) is 5. The molecule has 1 amide bonds. The second-order valence-corrected chi connectivity index (χ2v) is 13.8. The molecule has 0 saturated carbocycles. The largest absolute Gasteiger partial charge is 0.461 e. The summed E-state index contributed by atoms with van der Waals surface area (Å²) in [5, 5.41) is 15.6. The number of nitrogens with one attached hydrogen (secondary N) is 1. The number of halogens is 2. The van der Waals surface area contributed by atoms with Crippen molar-refractivity contribution in [3.05, 3.63) is 53.7 Å². The van der Waals surface area contributed by atoms with Crippen molar-refractivity contribution in [1.29, 1.82) is 0 Å². The summed E-state index contributed by atoms with van der Waals surface area (Å²) < 4.78 is 44.2. The molecule has 2 aromatic carbocycles. The van der Waals surface area contributed by atoms with E-state index in [0.717, 1.165) is 44.2 Å². The molecule has 2 atom stereocenters. The smallest absolute Gasteiger partial charge is 0.407 e. The number of rotatable bonds is 3. The van der Waals surface area contributed by atoms with E-state index in [-0.39, 0.29) is 55.3 Å². The summed E-state index contributed by atoms with van der Waals surface area (Å²) in [7, 11) is 0. The van der Waals surface area contributed by atoms with Gasteiger partial charge in [-0.3, -0.25) is 9.88 Å². The molecule has 9 rings (SSSR count). The van der Waals surface area contributed by atoms with E-state index >= 15 is 8.78 Å². The van der Waals surface area contributed by atoms with Crippen LogP contribution in [0.2, 0.25) is 0 Å². The normalized spacial score (nSPS) is 24.4. The molecule has 12 heteroatoms. The summed E-state index contributed by atoms with van der Waals surface area (Å²) in [6, 6.07) is 8.50. The van der Waals surface area contributed by atoms with E-state index in [4.69, 9.17) is 14.5 Å². The number of carbonyl (C=O) groups is 1. The number of aliphatic hydroxyl groups is 1. The number of hydrogen-bond donors (Lipinski definition) is 2. The Hall–Kier alpha value is -4.16. The van der Waals surface area contributed by atoms with E-state index in [2.05, 4.69) is 20.2 Å². The van der Waals surface area contributed by atoms with Crippen LogP contribution in [0, 0.1) is 11.6 Å². The predicted octanol–water partition coefficient (Wildman–Crippen LogP) is 5.13. The summed E-state index contributed by atoms with van der Waals surface area (Å²) in [6.07, 6.45) is 5.23. The van der Waals surface area contributed by atoms with Crippen molar-refractivity contribution in [1.82, 2.24) is 25.2 Å². The maximum atomic E-state index is 16.9. The third-order valence-electron chi connectivity index (χ3n) is 10.4. The van der Waals surface area contributed by atoms with Crippen molar-refractivity contribution < 1.29 is 28.2 Å². The lowest BCUT2D eigenvalue weighted by Crippen LogP contribution is -2.61. The fourth-order valence-electron chi connectivity index (χ4n) is 8.38. The number of aliphatic hydroxyl groups excluding tert-OH is 1. The Kier molecular flexibility index (Phi) is 7.40. The lowest BCUT2D eigenvalue weighted by Gasteiger charge is -2.43. The first-order valence-corrected chi connectivity index (χ1v) is 16.5. The summed E-state index contributed by atoms with van der Waals surface area (Å²) in [5.41, 5.74) is -0.0733. The SMILES string of the molecule is CC12CC(O)CN(C1)c1nc(OCC34CCCN3CCC4)nc3c(F)c(ncc13)-c1cccc3ccc(F)c(c13)CCCOC(=O)N2. The Labute approximate surface area is 271 Å². The number of benzene rings is 2. The zero-order valence-corrected chi connectivity index (χ0v) is 26.4. The molecular formula is C35H38F2N6O4. The maximum Gasteiger partial charge on any atom is 0.407 e. The monoisotopic (exact) mass is 644 g/mol. The van der Waals surface area contributed by atoms with Gasteiger partial charge in [0.25, 0.3) is 0 Å². The molecule has 0 radical (unpaired) electrons. The second kappa shape index (κ2) is 11.5. The number of carbonyl (C=O) groups excluding carboxylic acids is 1. The molecule has 0 aliphatic carbocycles. The van der Waals surface area contributed by atoms with Crippen LogP contribution in [0.15, 0.2) is 36.5 Å². The molecule has 7 heterocycles. The first-order valence-electron chi connectivity index (χ1n) is 16.5. The fourth-order valence-corrected chi connectivity index (χ4v) is 8.38. The molecule has 6 bridgehead atoms. The van der Waals surface area contributed by atoms with E-state index in [1.165, 1.54) is 12.3 Å². The number of fused-ring (bicyclic) bond motifs is 7. The van der Waals surface area contributed by atoms with Gasteiger partial charge < -0.3 is 24.8 Å². The van der Waals surface area contributed by atoms with Gasteiger partial charge in [0.2, 0.25) is 0 Å². The summed E-state index contributed by atoms with van der Waals surface area (Å²) in [6.45, 7) is 4.80. The van der Waals surface area contributed by atoms with Crippen molar-refractivity contribution >= 4 is 33.6 Å². The van der Waals surface area contributed by atoms with Gasteiger partial charge in [0.1, 0.15) is 29.5 Å². The molecule has 2 unspecified atom stereocenters. The Morgan fingerprint density at radius 2 is 1.96 bits per heavy atom. The summed E-state index contributed by atoms with van der Waals surface area (Å²) in [4.78, 5) is 31.3. The standard InChI is InChI=1S/C35H38F2N6O4/c1-34-16-22(44)18-42(19-34)31-25-17-38-29(28(37)30(25)39-32(40-31)47-20-35-11-4-13-43(35)14-5-12-35)24-7-2-6-21-9-10-26(36)23(27(21)24)8-3-15-46-33(45)41-34/h2,6-7,9-10,17,22,44H,3-5,8,11-16,18-20H2,1H3,(H,41,45). The highest BCUT2D eigenvalue weighted by Gasteiger charge is 2.45. The van der Waals surface area contributed by atoms with Gasteiger partial charge in [-0.1, -0.05) is 24.3 Å². The van der Waals surface area contributed by atoms with Crippen molar-refractivity contribution in [2.75, 3.05) is 44.3 Å². The first-order chi connectivity index (χ1) is 22.7. The fraction of sp³-hybridized carbons (Fsp3) is 0.486. The molecule has 10 nitrogen and oxygen atoms in total. The number of ether oxygens (including phenoxy) is 2. The molecule has 5 aliphatic rings. The molecule has 3 fully saturated rings. The minimum atomic E-state index is -0.895. The van der Waals surface area contributed by atoms with Crippen LogP contribution in [0.1, 0.15) is 51.0 Å². The molecule has 3 saturated heterocycles. The number of aromatic nitrogens is 3. The molecule has 2 N–H and O–H groups in total.